The fraction of sp³-hybridized carbons (Fsp3) is 0.235. The lowest BCUT2D eigenvalue weighted by Gasteiger charge is -2.22. The summed E-state index contributed by atoms with van der Waals surface area (Å²) in [5.74, 6) is 0.589. The SMILES string of the molecule is Cn1ccnc1CN(CCO)C(=O)c1ccccc1-n1cccn1. The molecular formula is C17H19N5O2. The smallest absolute Gasteiger partial charge is 0.256 e. The average Bonchev–Trinajstić information content (AvgIpc) is 3.26. The number of carbonyl (C=O) groups is 1. The summed E-state index contributed by atoms with van der Waals surface area (Å²) in [7, 11) is 1.88. The maximum atomic E-state index is 13.0. The van der Waals surface area contributed by atoms with E-state index < -0.39 is 0 Å². The highest BCUT2D eigenvalue weighted by Crippen LogP contribution is 2.17. The zero-order valence-corrected chi connectivity index (χ0v) is 13.4. The minimum absolute atomic E-state index is 0.111. The molecule has 0 saturated heterocycles. The number of carbonyl (C=O) groups excluding carboxylic acids is 1. The number of para-hydroxylation sites is 1. The summed E-state index contributed by atoms with van der Waals surface area (Å²) in [6, 6.07) is 9.10. The molecule has 7 heteroatoms. The molecule has 2 aromatic heterocycles. The van der Waals surface area contributed by atoms with Crippen LogP contribution >= 0.6 is 0 Å². The molecule has 0 aliphatic heterocycles. The van der Waals surface area contributed by atoms with Gasteiger partial charge < -0.3 is 14.6 Å². The fourth-order valence-electron chi connectivity index (χ4n) is 2.53. The van der Waals surface area contributed by atoms with Crippen LogP contribution in [0.5, 0.6) is 0 Å². The summed E-state index contributed by atoms with van der Waals surface area (Å²) < 4.78 is 3.52. The molecule has 0 atom stereocenters. The van der Waals surface area contributed by atoms with Gasteiger partial charge in [0.25, 0.3) is 5.91 Å². The van der Waals surface area contributed by atoms with Gasteiger partial charge in [0.2, 0.25) is 0 Å². The molecule has 1 amide bonds. The Kier molecular flexibility index (Phi) is 4.72. The quantitative estimate of drug-likeness (QED) is 0.740. The second-order valence-electron chi connectivity index (χ2n) is 5.37. The zero-order chi connectivity index (χ0) is 16.9. The van der Waals surface area contributed by atoms with Crippen LogP contribution in [0.3, 0.4) is 0 Å². The standard InChI is InChI=1S/C17H19N5O2/c1-20-10-8-18-16(20)13-21(11-12-23)17(24)14-5-2-3-6-15(14)22-9-4-7-19-22/h2-10,23H,11-13H2,1H3. The van der Waals surface area contributed by atoms with Crippen molar-refractivity contribution in [2.45, 2.75) is 6.54 Å². The van der Waals surface area contributed by atoms with E-state index in [1.807, 2.05) is 36.0 Å². The maximum absolute atomic E-state index is 13.0. The first-order valence-corrected chi connectivity index (χ1v) is 7.66. The molecule has 1 aromatic carbocycles. The number of aryl methyl sites for hydroxylation is 1. The summed E-state index contributed by atoms with van der Waals surface area (Å²) >= 11 is 0. The van der Waals surface area contributed by atoms with Gasteiger partial charge >= 0.3 is 0 Å². The van der Waals surface area contributed by atoms with E-state index in [4.69, 9.17) is 0 Å². The lowest BCUT2D eigenvalue weighted by atomic mass is 10.1. The topological polar surface area (TPSA) is 76.2 Å². The van der Waals surface area contributed by atoms with Crippen LogP contribution < -0.4 is 0 Å². The number of aromatic nitrogens is 4. The van der Waals surface area contributed by atoms with Crippen LogP contribution in [0.25, 0.3) is 5.69 Å². The molecule has 0 unspecified atom stereocenters. The average molecular weight is 325 g/mol. The second-order valence-corrected chi connectivity index (χ2v) is 5.37. The predicted molar refractivity (Wildman–Crippen MR) is 88.6 cm³/mol. The van der Waals surface area contributed by atoms with Crippen molar-refractivity contribution in [2.75, 3.05) is 13.2 Å². The first-order chi connectivity index (χ1) is 11.7. The van der Waals surface area contributed by atoms with E-state index in [-0.39, 0.29) is 19.1 Å². The third-order valence-corrected chi connectivity index (χ3v) is 3.80. The van der Waals surface area contributed by atoms with Crippen LogP contribution in [-0.2, 0) is 13.6 Å². The van der Waals surface area contributed by atoms with Crippen LogP contribution in [-0.4, -0.2) is 48.4 Å². The Bertz CT molecular complexity index is 810. The van der Waals surface area contributed by atoms with Crippen molar-refractivity contribution >= 4 is 5.91 Å². The van der Waals surface area contributed by atoms with Crippen LogP contribution in [0, 0.1) is 0 Å². The van der Waals surface area contributed by atoms with E-state index in [0.717, 1.165) is 5.82 Å². The Morgan fingerprint density at radius 3 is 2.71 bits per heavy atom. The summed E-state index contributed by atoms with van der Waals surface area (Å²) in [5.41, 5.74) is 1.24. The van der Waals surface area contributed by atoms with Crippen molar-refractivity contribution in [3.8, 4) is 5.69 Å². The van der Waals surface area contributed by atoms with Gasteiger partial charge in [-0.3, -0.25) is 4.79 Å². The van der Waals surface area contributed by atoms with Crippen LogP contribution in [0.1, 0.15) is 16.2 Å². The number of imidazole rings is 1. The van der Waals surface area contributed by atoms with Gasteiger partial charge in [-0.2, -0.15) is 5.10 Å². The molecule has 3 aromatic rings. The van der Waals surface area contributed by atoms with E-state index >= 15 is 0 Å². The number of rotatable bonds is 6. The van der Waals surface area contributed by atoms with E-state index in [0.29, 0.717) is 17.8 Å². The lowest BCUT2D eigenvalue weighted by Crippen LogP contribution is -2.34. The zero-order valence-electron chi connectivity index (χ0n) is 13.4. The third kappa shape index (κ3) is 3.21. The maximum Gasteiger partial charge on any atom is 0.256 e. The number of aliphatic hydroxyl groups excluding tert-OH is 1. The van der Waals surface area contributed by atoms with Crippen LogP contribution in [0.15, 0.2) is 55.1 Å². The van der Waals surface area contributed by atoms with E-state index in [2.05, 4.69) is 10.1 Å². The summed E-state index contributed by atoms with van der Waals surface area (Å²) in [6.07, 6.45) is 6.98. The van der Waals surface area contributed by atoms with Crippen molar-refractivity contribution in [3.63, 3.8) is 0 Å². The molecular weight excluding hydrogens is 306 g/mol. The van der Waals surface area contributed by atoms with Crippen molar-refractivity contribution in [2.24, 2.45) is 7.05 Å². The number of hydrogen-bond donors (Lipinski definition) is 1. The molecule has 0 aliphatic carbocycles. The highest BCUT2D eigenvalue weighted by atomic mass is 16.3. The van der Waals surface area contributed by atoms with Crippen molar-refractivity contribution in [1.82, 2.24) is 24.2 Å². The number of amides is 1. The fourth-order valence-corrected chi connectivity index (χ4v) is 2.53. The van der Waals surface area contributed by atoms with Gasteiger partial charge in [0, 0.05) is 38.4 Å². The summed E-state index contributed by atoms with van der Waals surface area (Å²) in [4.78, 5) is 18.9. The number of aliphatic hydroxyl groups is 1. The Labute approximate surface area is 139 Å². The first kappa shape index (κ1) is 15.9. The minimum Gasteiger partial charge on any atom is -0.395 e. The number of hydrogen-bond acceptors (Lipinski definition) is 4. The van der Waals surface area contributed by atoms with Crippen molar-refractivity contribution in [3.05, 3.63) is 66.5 Å². The molecule has 2 heterocycles. The molecule has 0 radical (unpaired) electrons. The summed E-state index contributed by atoms with van der Waals surface area (Å²) in [6.45, 7) is 0.454. The van der Waals surface area contributed by atoms with Crippen LogP contribution in [0.4, 0.5) is 0 Å². The molecule has 24 heavy (non-hydrogen) atoms. The predicted octanol–water partition coefficient (Wildman–Crippen LogP) is 1.24. The molecule has 0 spiro atoms. The lowest BCUT2D eigenvalue weighted by molar-refractivity contribution is 0.0701. The Morgan fingerprint density at radius 2 is 2.04 bits per heavy atom. The van der Waals surface area contributed by atoms with Gasteiger partial charge in [-0.05, 0) is 18.2 Å². The molecule has 124 valence electrons. The van der Waals surface area contributed by atoms with Crippen LogP contribution in [0.2, 0.25) is 0 Å². The minimum atomic E-state index is -0.168. The Morgan fingerprint density at radius 1 is 1.21 bits per heavy atom. The molecule has 0 aliphatic rings. The van der Waals surface area contributed by atoms with Gasteiger partial charge in [0.1, 0.15) is 5.82 Å². The molecule has 3 rings (SSSR count). The first-order valence-electron chi connectivity index (χ1n) is 7.66. The summed E-state index contributed by atoms with van der Waals surface area (Å²) in [5, 5.41) is 13.5. The van der Waals surface area contributed by atoms with Crippen molar-refractivity contribution < 1.29 is 9.90 Å². The molecule has 1 N–H and O–H groups in total. The van der Waals surface area contributed by atoms with E-state index in [1.54, 1.807) is 40.3 Å². The van der Waals surface area contributed by atoms with Gasteiger partial charge in [-0.1, -0.05) is 12.1 Å². The van der Waals surface area contributed by atoms with E-state index in [9.17, 15) is 9.90 Å². The van der Waals surface area contributed by atoms with Gasteiger partial charge in [0.15, 0.2) is 0 Å². The Balaban J connectivity index is 1.92. The van der Waals surface area contributed by atoms with Crippen molar-refractivity contribution in [1.29, 1.82) is 0 Å². The normalized spacial score (nSPS) is 10.8. The largest absolute Gasteiger partial charge is 0.395 e. The monoisotopic (exact) mass is 325 g/mol. The molecule has 0 saturated carbocycles. The highest BCUT2D eigenvalue weighted by Gasteiger charge is 2.20. The molecule has 0 fully saturated rings. The van der Waals surface area contributed by atoms with Gasteiger partial charge in [0.05, 0.1) is 24.4 Å². The van der Waals surface area contributed by atoms with Gasteiger partial charge in [-0.25, -0.2) is 9.67 Å². The van der Waals surface area contributed by atoms with Gasteiger partial charge in [-0.15, -0.1) is 0 Å². The third-order valence-electron chi connectivity index (χ3n) is 3.80. The molecule has 7 nitrogen and oxygen atoms in total. The Hall–Kier alpha value is -2.93. The second kappa shape index (κ2) is 7.10. The highest BCUT2D eigenvalue weighted by molar-refractivity contribution is 5.97. The van der Waals surface area contributed by atoms with E-state index in [1.165, 1.54) is 0 Å². The number of benzene rings is 1. The number of nitrogens with zero attached hydrogens (tertiary/aromatic N) is 5. The molecule has 0 bridgehead atoms.